The molecule has 0 aromatic carbocycles. The predicted molar refractivity (Wildman–Crippen MR) is 131 cm³/mol. The van der Waals surface area contributed by atoms with Crippen molar-refractivity contribution in [2.45, 2.75) is 142 Å². The number of unbranched alkanes of at least 4 members (excludes halogenated alkanes) is 14. The minimum absolute atomic E-state index is 0.902. The van der Waals surface area contributed by atoms with Crippen molar-refractivity contribution in [3.63, 3.8) is 0 Å². The van der Waals surface area contributed by atoms with E-state index in [4.69, 9.17) is 0 Å². The SMILES string of the molecule is [CH2]CCCCCCCC=CCCCC(CCCCCCCCC[CH2])C(C)CC. The van der Waals surface area contributed by atoms with Gasteiger partial charge in [-0.05, 0) is 43.9 Å². The number of rotatable bonds is 22. The molecule has 0 nitrogen and oxygen atoms in total. The van der Waals surface area contributed by atoms with Gasteiger partial charge in [-0.3, -0.25) is 0 Å². The van der Waals surface area contributed by atoms with Crippen molar-refractivity contribution >= 4 is 0 Å². The molecule has 0 fully saturated rings. The molecule has 0 rings (SSSR count). The number of hydrogen-bond acceptors (Lipinski definition) is 0. The highest BCUT2D eigenvalue weighted by Crippen LogP contribution is 2.27. The minimum atomic E-state index is 0.902. The van der Waals surface area contributed by atoms with Crippen LogP contribution in [0.2, 0.25) is 0 Å². The zero-order valence-corrected chi connectivity index (χ0v) is 19.9. The Kier molecular flexibility index (Phi) is 22.8. The van der Waals surface area contributed by atoms with Gasteiger partial charge in [0.05, 0.1) is 0 Å². The first-order valence-electron chi connectivity index (χ1n) is 13.0. The third-order valence-electron chi connectivity index (χ3n) is 6.51. The van der Waals surface area contributed by atoms with E-state index in [-0.39, 0.29) is 0 Å². The largest absolute Gasteiger partial charge is 0.0885 e. The molecule has 166 valence electrons. The van der Waals surface area contributed by atoms with Gasteiger partial charge in [-0.15, -0.1) is 0 Å². The predicted octanol–water partition coefficient (Wildman–Crippen LogP) is 10.3. The average Bonchev–Trinajstić information content (AvgIpc) is 2.71. The molecule has 2 unspecified atom stereocenters. The fourth-order valence-corrected chi connectivity index (χ4v) is 4.22. The third kappa shape index (κ3) is 19.1. The lowest BCUT2D eigenvalue weighted by Gasteiger charge is -2.23. The zero-order chi connectivity index (χ0) is 20.7. The molecule has 2 atom stereocenters. The molecular formula is C28H54. The van der Waals surface area contributed by atoms with Crippen LogP contribution in [0.5, 0.6) is 0 Å². The van der Waals surface area contributed by atoms with Crippen LogP contribution in [-0.4, -0.2) is 0 Å². The Hall–Kier alpha value is -0.260. The van der Waals surface area contributed by atoms with Crippen molar-refractivity contribution in [2.24, 2.45) is 11.8 Å². The Morgan fingerprint density at radius 1 is 0.571 bits per heavy atom. The van der Waals surface area contributed by atoms with Crippen LogP contribution in [-0.2, 0) is 0 Å². The van der Waals surface area contributed by atoms with Gasteiger partial charge in [-0.2, -0.15) is 0 Å². The molecule has 0 bridgehead atoms. The summed E-state index contributed by atoms with van der Waals surface area (Å²) in [5.41, 5.74) is 0. The highest BCUT2D eigenvalue weighted by Gasteiger charge is 2.14. The maximum absolute atomic E-state index is 3.93. The summed E-state index contributed by atoms with van der Waals surface area (Å²) in [6, 6.07) is 0. The van der Waals surface area contributed by atoms with Gasteiger partial charge in [0.2, 0.25) is 0 Å². The fraction of sp³-hybridized carbons (Fsp3) is 0.857. The Balaban J connectivity index is 3.68. The van der Waals surface area contributed by atoms with Gasteiger partial charge < -0.3 is 0 Å². The van der Waals surface area contributed by atoms with Gasteiger partial charge in [0, 0.05) is 0 Å². The molecule has 0 amide bonds. The lowest BCUT2D eigenvalue weighted by molar-refractivity contribution is 0.292. The van der Waals surface area contributed by atoms with Crippen molar-refractivity contribution in [1.29, 1.82) is 0 Å². The summed E-state index contributed by atoms with van der Waals surface area (Å²) in [7, 11) is 0. The molecule has 0 N–H and O–H groups in total. The van der Waals surface area contributed by atoms with E-state index in [1.807, 2.05) is 0 Å². The smallest absolute Gasteiger partial charge is 0.0351 e. The maximum Gasteiger partial charge on any atom is -0.0351 e. The summed E-state index contributed by atoms with van der Waals surface area (Å²) in [6.45, 7) is 12.7. The second-order valence-electron chi connectivity index (χ2n) is 9.08. The summed E-state index contributed by atoms with van der Waals surface area (Å²) in [4.78, 5) is 0. The normalized spacial score (nSPS) is 14.0. The van der Waals surface area contributed by atoms with Crippen LogP contribution >= 0.6 is 0 Å². The topological polar surface area (TPSA) is 0 Å². The van der Waals surface area contributed by atoms with E-state index in [1.165, 1.54) is 116 Å². The maximum atomic E-state index is 3.93. The van der Waals surface area contributed by atoms with E-state index < -0.39 is 0 Å². The lowest BCUT2D eigenvalue weighted by Crippen LogP contribution is -2.11. The van der Waals surface area contributed by atoms with E-state index in [1.54, 1.807) is 0 Å². The van der Waals surface area contributed by atoms with Crippen LogP contribution in [0.15, 0.2) is 12.2 Å². The van der Waals surface area contributed by atoms with E-state index in [0.717, 1.165) is 24.7 Å². The second-order valence-corrected chi connectivity index (χ2v) is 9.08. The van der Waals surface area contributed by atoms with Crippen molar-refractivity contribution < 1.29 is 0 Å². The molecule has 0 aromatic heterocycles. The molecule has 0 aliphatic rings. The van der Waals surface area contributed by atoms with Crippen LogP contribution in [0.4, 0.5) is 0 Å². The average molecular weight is 391 g/mol. The molecule has 28 heavy (non-hydrogen) atoms. The van der Waals surface area contributed by atoms with E-state index in [9.17, 15) is 0 Å². The Bertz CT molecular complexity index is 303. The first kappa shape index (κ1) is 27.7. The van der Waals surface area contributed by atoms with E-state index in [2.05, 4.69) is 39.8 Å². The van der Waals surface area contributed by atoms with Gasteiger partial charge >= 0.3 is 0 Å². The molecule has 0 spiro atoms. The van der Waals surface area contributed by atoms with Gasteiger partial charge in [-0.25, -0.2) is 0 Å². The highest BCUT2D eigenvalue weighted by atomic mass is 14.2. The van der Waals surface area contributed by atoms with Crippen LogP contribution in [0, 0.1) is 25.7 Å². The minimum Gasteiger partial charge on any atom is -0.0885 e. The van der Waals surface area contributed by atoms with Gasteiger partial charge in [0.15, 0.2) is 0 Å². The molecule has 0 heteroatoms. The second kappa shape index (κ2) is 23.0. The molecule has 0 heterocycles. The first-order valence-corrected chi connectivity index (χ1v) is 13.0. The first-order chi connectivity index (χ1) is 13.8. The van der Waals surface area contributed by atoms with Gasteiger partial charge in [0.25, 0.3) is 0 Å². The molecule has 2 radical (unpaired) electrons. The number of allylic oxidation sites excluding steroid dienone is 2. The third-order valence-corrected chi connectivity index (χ3v) is 6.51. The van der Waals surface area contributed by atoms with Gasteiger partial charge in [-0.1, -0.05) is 136 Å². The zero-order valence-electron chi connectivity index (χ0n) is 19.9. The summed E-state index contributed by atoms with van der Waals surface area (Å²) < 4.78 is 0. The molecule has 0 aliphatic carbocycles. The van der Waals surface area contributed by atoms with Crippen LogP contribution < -0.4 is 0 Å². The molecule has 0 aliphatic heterocycles. The van der Waals surface area contributed by atoms with Crippen molar-refractivity contribution in [3.8, 4) is 0 Å². The summed E-state index contributed by atoms with van der Waals surface area (Å²) in [6.07, 6.45) is 32.1. The van der Waals surface area contributed by atoms with Crippen LogP contribution in [0.25, 0.3) is 0 Å². The van der Waals surface area contributed by atoms with Gasteiger partial charge in [0.1, 0.15) is 0 Å². The van der Waals surface area contributed by atoms with E-state index >= 15 is 0 Å². The molecular weight excluding hydrogens is 336 g/mol. The highest BCUT2D eigenvalue weighted by molar-refractivity contribution is 4.82. The van der Waals surface area contributed by atoms with Crippen LogP contribution in [0.3, 0.4) is 0 Å². The lowest BCUT2D eigenvalue weighted by atomic mass is 9.83. The molecule has 0 saturated heterocycles. The fourth-order valence-electron chi connectivity index (χ4n) is 4.22. The van der Waals surface area contributed by atoms with Crippen molar-refractivity contribution in [3.05, 3.63) is 26.0 Å². The molecule has 0 aromatic rings. The monoisotopic (exact) mass is 390 g/mol. The number of hydrogen-bond donors (Lipinski definition) is 0. The summed E-state index contributed by atoms with van der Waals surface area (Å²) >= 11 is 0. The van der Waals surface area contributed by atoms with Crippen molar-refractivity contribution in [1.82, 2.24) is 0 Å². The standard InChI is InChI=1S/C28H54/c1-5-8-10-12-14-16-17-18-20-22-24-26-28(27(4)7-3)25-23-21-19-15-13-11-9-6-2/h18,20,27-28H,1-2,5-17,19,21-26H2,3-4H3. The Morgan fingerprint density at radius 3 is 1.54 bits per heavy atom. The Labute approximate surface area is 180 Å². The van der Waals surface area contributed by atoms with Crippen molar-refractivity contribution in [2.75, 3.05) is 0 Å². The summed E-state index contributed by atoms with van der Waals surface area (Å²) in [5, 5.41) is 0. The summed E-state index contributed by atoms with van der Waals surface area (Å²) in [5.74, 6) is 1.86. The quantitative estimate of drug-likeness (QED) is 0.127. The van der Waals surface area contributed by atoms with E-state index in [0.29, 0.717) is 0 Å². The Morgan fingerprint density at radius 2 is 1.00 bits per heavy atom. The molecule has 0 saturated carbocycles. The van der Waals surface area contributed by atoms with Crippen LogP contribution in [0.1, 0.15) is 142 Å².